The fraction of sp³-hybridized carbons (Fsp3) is 0.348. The van der Waals surface area contributed by atoms with Crippen LogP contribution in [0.4, 0.5) is 24.7 Å². The molecule has 0 radical (unpaired) electrons. The van der Waals surface area contributed by atoms with Crippen molar-refractivity contribution in [1.82, 2.24) is 19.6 Å². The Morgan fingerprint density at radius 3 is 2.67 bits per heavy atom. The summed E-state index contributed by atoms with van der Waals surface area (Å²) in [6.45, 7) is 6.23. The molecule has 1 N–H and O–H groups in total. The number of ether oxygens (including phenoxy) is 1. The lowest BCUT2D eigenvalue weighted by Crippen LogP contribution is -2.36. The molecule has 4 aromatic rings. The minimum atomic E-state index is -4.40. The maximum absolute atomic E-state index is 13.4. The standard InChI is InChI=1S/C23H23F3N6O/c1-14-17(4-3-5-19(14)23(24,25)26)15(2)28-21-18-12-16(31-8-10-33-11-9-31)6-7-20(18)32-13-27-30-22(32)29-21/h3-7,12-13,15H,8-11H2,1-2H3,(H,28,29,30). The first-order chi connectivity index (χ1) is 15.8. The minimum absolute atomic E-state index is 0.201. The molecule has 2 aromatic heterocycles. The van der Waals surface area contributed by atoms with Gasteiger partial charge >= 0.3 is 6.18 Å². The summed E-state index contributed by atoms with van der Waals surface area (Å²) in [7, 11) is 0. The molecule has 7 nitrogen and oxygen atoms in total. The van der Waals surface area contributed by atoms with Crippen LogP contribution in [0.1, 0.15) is 29.7 Å². The Kier molecular flexibility index (Phi) is 5.32. The normalized spacial score (nSPS) is 15.8. The number of nitrogens with zero attached hydrogens (tertiary/aromatic N) is 5. The first-order valence-corrected chi connectivity index (χ1v) is 10.7. The van der Waals surface area contributed by atoms with Crippen molar-refractivity contribution in [1.29, 1.82) is 0 Å². The van der Waals surface area contributed by atoms with Crippen LogP contribution in [0.15, 0.2) is 42.7 Å². The lowest BCUT2D eigenvalue weighted by molar-refractivity contribution is -0.138. The summed E-state index contributed by atoms with van der Waals surface area (Å²) in [5, 5.41) is 12.2. The number of hydrogen-bond donors (Lipinski definition) is 1. The molecule has 5 rings (SSSR count). The second-order valence-electron chi connectivity index (χ2n) is 8.15. The summed E-state index contributed by atoms with van der Waals surface area (Å²) in [4.78, 5) is 6.87. The number of alkyl halides is 3. The molecule has 10 heteroatoms. The van der Waals surface area contributed by atoms with E-state index < -0.39 is 17.8 Å². The van der Waals surface area contributed by atoms with Crippen LogP contribution in [0.2, 0.25) is 0 Å². The third-order valence-corrected chi connectivity index (χ3v) is 6.11. The monoisotopic (exact) mass is 456 g/mol. The Balaban J connectivity index is 1.58. The largest absolute Gasteiger partial charge is 0.416 e. The lowest BCUT2D eigenvalue weighted by atomic mass is 9.97. The van der Waals surface area contributed by atoms with Crippen molar-refractivity contribution in [2.45, 2.75) is 26.1 Å². The second-order valence-corrected chi connectivity index (χ2v) is 8.15. The van der Waals surface area contributed by atoms with E-state index in [2.05, 4.69) is 25.4 Å². The van der Waals surface area contributed by atoms with Crippen molar-refractivity contribution in [2.24, 2.45) is 0 Å². The molecule has 1 atom stereocenters. The maximum Gasteiger partial charge on any atom is 0.416 e. The Bertz CT molecular complexity index is 1310. The molecule has 1 aliphatic rings. The Morgan fingerprint density at radius 2 is 1.91 bits per heavy atom. The number of anilines is 2. The van der Waals surface area contributed by atoms with E-state index in [0.29, 0.717) is 30.4 Å². The molecule has 172 valence electrons. The van der Waals surface area contributed by atoms with Crippen LogP contribution in [0, 0.1) is 6.92 Å². The highest BCUT2D eigenvalue weighted by Crippen LogP contribution is 2.36. The van der Waals surface area contributed by atoms with Crippen molar-refractivity contribution in [3.05, 3.63) is 59.4 Å². The van der Waals surface area contributed by atoms with E-state index in [1.165, 1.54) is 13.0 Å². The van der Waals surface area contributed by atoms with Gasteiger partial charge in [0, 0.05) is 24.2 Å². The highest BCUT2D eigenvalue weighted by molar-refractivity contribution is 5.93. The van der Waals surface area contributed by atoms with E-state index in [9.17, 15) is 13.2 Å². The van der Waals surface area contributed by atoms with E-state index in [1.54, 1.807) is 16.8 Å². The molecule has 0 aliphatic carbocycles. The van der Waals surface area contributed by atoms with Gasteiger partial charge < -0.3 is 15.0 Å². The molecule has 2 aromatic carbocycles. The Hall–Kier alpha value is -3.40. The van der Waals surface area contributed by atoms with Crippen LogP contribution in [0.25, 0.3) is 16.7 Å². The molecular weight excluding hydrogens is 433 g/mol. The van der Waals surface area contributed by atoms with Crippen molar-refractivity contribution in [2.75, 3.05) is 36.5 Å². The van der Waals surface area contributed by atoms with Crippen molar-refractivity contribution in [3.63, 3.8) is 0 Å². The van der Waals surface area contributed by atoms with Gasteiger partial charge in [-0.15, -0.1) is 10.2 Å². The van der Waals surface area contributed by atoms with Gasteiger partial charge in [-0.3, -0.25) is 4.40 Å². The number of halogens is 3. The fourth-order valence-corrected chi connectivity index (χ4v) is 4.40. The predicted octanol–water partition coefficient (Wildman–Crippen LogP) is 4.61. The zero-order valence-corrected chi connectivity index (χ0v) is 18.2. The molecule has 33 heavy (non-hydrogen) atoms. The van der Waals surface area contributed by atoms with E-state index in [4.69, 9.17) is 4.74 Å². The predicted molar refractivity (Wildman–Crippen MR) is 120 cm³/mol. The van der Waals surface area contributed by atoms with Gasteiger partial charge in [0.25, 0.3) is 5.78 Å². The summed E-state index contributed by atoms with van der Waals surface area (Å²) in [5.74, 6) is 0.960. The van der Waals surface area contributed by atoms with Crippen LogP contribution in [0.5, 0.6) is 0 Å². The number of nitrogens with one attached hydrogen (secondary N) is 1. The Labute approximate surface area is 188 Å². The van der Waals surface area contributed by atoms with Gasteiger partial charge in [-0.05, 0) is 49.2 Å². The number of fused-ring (bicyclic) bond motifs is 3. The van der Waals surface area contributed by atoms with Gasteiger partial charge in [0.05, 0.1) is 30.3 Å². The zero-order valence-electron chi connectivity index (χ0n) is 18.2. The van der Waals surface area contributed by atoms with Crippen molar-refractivity contribution >= 4 is 28.2 Å². The molecule has 1 aliphatic heterocycles. The number of rotatable bonds is 4. The molecule has 0 bridgehead atoms. The highest BCUT2D eigenvalue weighted by Gasteiger charge is 2.33. The van der Waals surface area contributed by atoms with Crippen molar-refractivity contribution < 1.29 is 17.9 Å². The first kappa shape index (κ1) is 21.4. The number of morpholine rings is 1. The summed E-state index contributed by atoms with van der Waals surface area (Å²) in [5.41, 5.74) is 2.02. The van der Waals surface area contributed by atoms with E-state index in [-0.39, 0.29) is 5.56 Å². The third kappa shape index (κ3) is 3.95. The van der Waals surface area contributed by atoms with Gasteiger partial charge in [0.2, 0.25) is 0 Å². The van der Waals surface area contributed by atoms with Gasteiger partial charge in [0.1, 0.15) is 12.1 Å². The summed E-state index contributed by atoms with van der Waals surface area (Å²) in [6.07, 6.45) is -2.80. The van der Waals surface area contributed by atoms with E-state index in [1.807, 2.05) is 25.1 Å². The first-order valence-electron chi connectivity index (χ1n) is 10.7. The summed E-state index contributed by atoms with van der Waals surface area (Å²) in [6, 6.07) is 9.91. The topological polar surface area (TPSA) is 67.6 Å². The lowest BCUT2D eigenvalue weighted by Gasteiger charge is -2.29. The molecular formula is C23H23F3N6O. The van der Waals surface area contributed by atoms with Gasteiger partial charge in [-0.2, -0.15) is 18.2 Å². The smallest absolute Gasteiger partial charge is 0.378 e. The number of aromatic nitrogens is 4. The second kappa shape index (κ2) is 8.18. The Morgan fingerprint density at radius 1 is 1.12 bits per heavy atom. The summed E-state index contributed by atoms with van der Waals surface area (Å²) >= 11 is 0. The molecule has 3 heterocycles. The molecule has 0 saturated carbocycles. The highest BCUT2D eigenvalue weighted by atomic mass is 19.4. The molecule has 0 amide bonds. The van der Waals surface area contributed by atoms with Crippen molar-refractivity contribution in [3.8, 4) is 0 Å². The molecule has 1 fully saturated rings. The number of benzene rings is 2. The fourth-order valence-electron chi connectivity index (χ4n) is 4.40. The summed E-state index contributed by atoms with van der Waals surface area (Å²) < 4.78 is 47.5. The van der Waals surface area contributed by atoms with Gasteiger partial charge in [0.15, 0.2) is 0 Å². The average molecular weight is 456 g/mol. The SMILES string of the molecule is Cc1c(C(C)Nc2nc3nncn3c3ccc(N4CCOCC4)cc23)cccc1C(F)(F)F. The van der Waals surface area contributed by atoms with E-state index >= 15 is 0 Å². The zero-order chi connectivity index (χ0) is 23.2. The van der Waals surface area contributed by atoms with Crippen LogP contribution in [-0.2, 0) is 10.9 Å². The van der Waals surface area contributed by atoms with Crippen LogP contribution < -0.4 is 10.2 Å². The van der Waals surface area contributed by atoms with Crippen LogP contribution >= 0.6 is 0 Å². The molecule has 1 unspecified atom stereocenters. The van der Waals surface area contributed by atoms with Gasteiger partial charge in [-0.25, -0.2) is 0 Å². The molecule has 0 spiro atoms. The number of hydrogen-bond acceptors (Lipinski definition) is 6. The third-order valence-electron chi connectivity index (χ3n) is 6.11. The van der Waals surface area contributed by atoms with E-state index in [0.717, 1.165) is 35.7 Å². The average Bonchev–Trinajstić information content (AvgIpc) is 3.27. The maximum atomic E-state index is 13.4. The molecule has 1 saturated heterocycles. The quantitative estimate of drug-likeness (QED) is 0.484. The van der Waals surface area contributed by atoms with Crippen LogP contribution in [0.3, 0.4) is 0 Å². The van der Waals surface area contributed by atoms with Crippen LogP contribution in [-0.4, -0.2) is 45.9 Å². The minimum Gasteiger partial charge on any atom is -0.378 e. The van der Waals surface area contributed by atoms with Gasteiger partial charge in [-0.1, -0.05) is 12.1 Å².